The van der Waals surface area contributed by atoms with Crippen molar-refractivity contribution in [3.8, 4) is 22.6 Å². The minimum absolute atomic E-state index is 0. The van der Waals surface area contributed by atoms with Crippen molar-refractivity contribution >= 4 is 0 Å². The molecule has 19 heavy (non-hydrogen) atoms. The molecule has 3 aromatic heterocycles. The van der Waals surface area contributed by atoms with E-state index in [0.29, 0.717) is 0 Å². The van der Waals surface area contributed by atoms with Gasteiger partial charge in [0.2, 0.25) is 0 Å². The number of hydrogen-bond acceptors (Lipinski definition) is 3. The third-order valence-electron chi connectivity index (χ3n) is 2.66. The number of pyridine rings is 3. The van der Waals surface area contributed by atoms with E-state index < -0.39 is 0 Å². The fourth-order valence-corrected chi connectivity index (χ4v) is 1.84. The fourth-order valence-electron chi connectivity index (χ4n) is 1.84. The summed E-state index contributed by atoms with van der Waals surface area (Å²) in [6, 6.07) is 15.6. The summed E-state index contributed by atoms with van der Waals surface area (Å²) < 4.78 is 0. The van der Waals surface area contributed by atoms with Gasteiger partial charge in [0.25, 0.3) is 0 Å². The maximum Gasteiger partial charge on any atom is 0.0980 e. The van der Waals surface area contributed by atoms with E-state index in [0.717, 1.165) is 22.6 Å². The Morgan fingerprint density at radius 1 is 0.579 bits per heavy atom. The van der Waals surface area contributed by atoms with Crippen molar-refractivity contribution in [1.82, 2.24) is 15.0 Å². The van der Waals surface area contributed by atoms with Gasteiger partial charge < -0.3 is 0 Å². The van der Waals surface area contributed by atoms with E-state index >= 15 is 0 Å². The first kappa shape index (κ1) is 13.5. The number of aromatic nitrogens is 3. The van der Waals surface area contributed by atoms with Gasteiger partial charge in [0.15, 0.2) is 0 Å². The molecule has 3 heterocycles. The normalized spacial score (nSPS) is 9.68. The summed E-state index contributed by atoms with van der Waals surface area (Å²) in [7, 11) is 0. The summed E-state index contributed by atoms with van der Waals surface area (Å²) in [5.74, 6) is 0. The van der Waals surface area contributed by atoms with Crippen molar-refractivity contribution in [3.05, 3.63) is 67.1 Å². The summed E-state index contributed by atoms with van der Waals surface area (Å²) in [4.78, 5) is 13.1. The molecule has 0 aromatic carbocycles. The topological polar surface area (TPSA) is 38.7 Å². The van der Waals surface area contributed by atoms with Crippen LogP contribution in [0.5, 0.6) is 0 Å². The van der Waals surface area contributed by atoms with Crippen LogP contribution >= 0.6 is 0 Å². The SMILES string of the molecule is [Os].c1ccc(-c2cccnc2-c2ccccn2)nc1. The van der Waals surface area contributed by atoms with Crippen molar-refractivity contribution in [1.29, 1.82) is 0 Å². The first-order valence-corrected chi connectivity index (χ1v) is 5.73. The third-order valence-corrected chi connectivity index (χ3v) is 2.66. The summed E-state index contributed by atoms with van der Waals surface area (Å²) in [5.41, 5.74) is 3.62. The minimum atomic E-state index is 0. The molecular formula is C15H11N3Os. The number of rotatable bonds is 2. The smallest absolute Gasteiger partial charge is 0.0980 e. The summed E-state index contributed by atoms with van der Waals surface area (Å²) in [5, 5.41) is 0. The Balaban J connectivity index is 0.00000133. The fraction of sp³-hybridized carbons (Fsp3) is 0. The van der Waals surface area contributed by atoms with Gasteiger partial charge in [-0.2, -0.15) is 0 Å². The van der Waals surface area contributed by atoms with E-state index in [1.54, 1.807) is 18.6 Å². The third kappa shape index (κ3) is 2.92. The molecule has 0 aliphatic heterocycles. The molecule has 3 nitrogen and oxygen atoms in total. The molecule has 0 radical (unpaired) electrons. The molecule has 0 amide bonds. The standard InChI is InChI=1S/C15H11N3.Os/c1-3-9-16-13(7-1)12-6-5-11-18-15(12)14-8-2-4-10-17-14;/h1-11H;. The average Bonchev–Trinajstić information content (AvgIpc) is 2.49. The molecule has 0 fully saturated rings. The van der Waals surface area contributed by atoms with Gasteiger partial charge in [0.1, 0.15) is 0 Å². The van der Waals surface area contributed by atoms with Crippen molar-refractivity contribution in [2.24, 2.45) is 0 Å². The minimum Gasteiger partial charge on any atom is -0.256 e. The van der Waals surface area contributed by atoms with Crippen LogP contribution < -0.4 is 0 Å². The molecule has 0 atom stereocenters. The van der Waals surface area contributed by atoms with Crippen LogP contribution in [0.2, 0.25) is 0 Å². The molecule has 3 aromatic rings. The Morgan fingerprint density at radius 2 is 1.21 bits per heavy atom. The molecule has 0 N–H and O–H groups in total. The van der Waals surface area contributed by atoms with Crippen LogP contribution in [0, 0.1) is 0 Å². The van der Waals surface area contributed by atoms with Crippen LogP contribution in [0.15, 0.2) is 67.1 Å². The maximum atomic E-state index is 4.42. The second-order valence-electron chi connectivity index (χ2n) is 3.83. The van der Waals surface area contributed by atoms with E-state index in [2.05, 4.69) is 15.0 Å². The molecule has 0 unspecified atom stereocenters. The maximum absolute atomic E-state index is 4.42. The van der Waals surface area contributed by atoms with Gasteiger partial charge in [0, 0.05) is 43.9 Å². The first-order chi connectivity index (χ1) is 8.95. The van der Waals surface area contributed by atoms with E-state index in [-0.39, 0.29) is 19.8 Å². The van der Waals surface area contributed by atoms with Crippen molar-refractivity contribution < 1.29 is 19.8 Å². The van der Waals surface area contributed by atoms with Crippen molar-refractivity contribution in [3.63, 3.8) is 0 Å². The summed E-state index contributed by atoms with van der Waals surface area (Å²) in [6.07, 6.45) is 5.33. The van der Waals surface area contributed by atoms with Gasteiger partial charge in [-0.15, -0.1) is 0 Å². The Labute approximate surface area is 124 Å². The average molecular weight is 424 g/mol. The molecule has 4 heteroatoms. The first-order valence-electron chi connectivity index (χ1n) is 5.73. The molecule has 3 rings (SSSR count). The van der Waals surface area contributed by atoms with Crippen molar-refractivity contribution in [2.45, 2.75) is 0 Å². The van der Waals surface area contributed by atoms with E-state index in [1.165, 1.54) is 0 Å². The summed E-state index contributed by atoms with van der Waals surface area (Å²) >= 11 is 0. The van der Waals surface area contributed by atoms with Gasteiger partial charge in [-0.1, -0.05) is 12.1 Å². The monoisotopic (exact) mass is 425 g/mol. The second kappa shape index (κ2) is 6.31. The van der Waals surface area contributed by atoms with Crippen LogP contribution in [0.1, 0.15) is 0 Å². The molecule has 0 saturated carbocycles. The Morgan fingerprint density at radius 3 is 1.84 bits per heavy atom. The molecule has 0 aliphatic carbocycles. The quantitative estimate of drug-likeness (QED) is 0.636. The molecule has 0 aliphatic rings. The molecular weight excluding hydrogens is 412 g/mol. The van der Waals surface area contributed by atoms with Crippen molar-refractivity contribution in [2.75, 3.05) is 0 Å². The van der Waals surface area contributed by atoms with E-state index in [1.807, 2.05) is 48.5 Å². The summed E-state index contributed by atoms with van der Waals surface area (Å²) in [6.45, 7) is 0. The Kier molecular flexibility index (Phi) is 4.49. The zero-order chi connectivity index (χ0) is 12.2. The largest absolute Gasteiger partial charge is 0.256 e. The number of nitrogens with zero attached hydrogens (tertiary/aromatic N) is 3. The van der Waals surface area contributed by atoms with E-state index in [4.69, 9.17) is 0 Å². The van der Waals surface area contributed by atoms with Gasteiger partial charge in [-0.05, 0) is 36.4 Å². The molecule has 94 valence electrons. The van der Waals surface area contributed by atoms with Crippen LogP contribution in [-0.2, 0) is 19.8 Å². The van der Waals surface area contributed by atoms with Crippen LogP contribution in [0.3, 0.4) is 0 Å². The molecule has 0 bridgehead atoms. The molecule has 0 saturated heterocycles. The van der Waals surface area contributed by atoms with Crippen LogP contribution in [0.4, 0.5) is 0 Å². The van der Waals surface area contributed by atoms with Crippen LogP contribution in [-0.4, -0.2) is 15.0 Å². The van der Waals surface area contributed by atoms with Crippen LogP contribution in [0.25, 0.3) is 22.6 Å². The Hall–Kier alpha value is -1.91. The number of hydrogen-bond donors (Lipinski definition) is 0. The zero-order valence-electron chi connectivity index (χ0n) is 10.0. The molecule has 0 spiro atoms. The predicted molar refractivity (Wildman–Crippen MR) is 70.7 cm³/mol. The predicted octanol–water partition coefficient (Wildman–Crippen LogP) is 3.20. The Bertz CT molecular complexity index is 583. The van der Waals surface area contributed by atoms with Gasteiger partial charge in [-0.25, -0.2) is 0 Å². The van der Waals surface area contributed by atoms with Gasteiger partial charge in [-0.3, -0.25) is 15.0 Å². The van der Waals surface area contributed by atoms with Gasteiger partial charge in [0.05, 0.1) is 17.1 Å². The van der Waals surface area contributed by atoms with E-state index in [9.17, 15) is 0 Å². The van der Waals surface area contributed by atoms with Gasteiger partial charge >= 0.3 is 0 Å². The second-order valence-corrected chi connectivity index (χ2v) is 3.83. The zero-order valence-corrected chi connectivity index (χ0v) is 12.6.